The van der Waals surface area contributed by atoms with E-state index in [1.807, 2.05) is 29.2 Å². The van der Waals surface area contributed by atoms with Crippen molar-refractivity contribution in [1.82, 2.24) is 15.1 Å². The first kappa shape index (κ1) is 17.4. The molecule has 0 radical (unpaired) electrons. The van der Waals surface area contributed by atoms with Crippen LogP contribution < -0.4 is 5.32 Å². The van der Waals surface area contributed by atoms with Gasteiger partial charge in [-0.3, -0.25) is 9.79 Å². The summed E-state index contributed by atoms with van der Waals surface area (Å²) in [6, 6.07) is 11.2. The number of furan rings is 1. The van der Waals surface area contributed by atoms with Crippen molar-refractivity contribution in [2.75, 3.05) is 33.2 Å². The molecule has 7 heteroatoms. The standard InChI is InChI=1S/C18H21ClN4O2/c1-20-18(21-13-14-4-6-15(19)7-5-14)23-10-8-22(9-11-23)17(24)16-3-2-12-25-16/h2-7,12H,8-11,13H2,1H3,(H,20,21). The SMILES string of the molecule is CN=C(NCc1ccc(Cl)cc1)N1CCN(C(=O)c2ccco2)CC1. The highest BCUT2D eigenvalue weighted by Crippen LogP contribution is 2.11. The van der Waals surface area contributed by atoms with Crippen LogP contribution in [0.1, 0.15) is 16.1 Å². The minimum absolute atomic E-state index is 0.0613. The van der Waals surface area contributed by atoms with Crippen molar-refractivity contribution >= 4 is 23.5 Å². The molecule has 0 spiro atoms. The number of hydrogen-bond acceptors (Lipinski definition) is 3. The molecule has 0 unspecified atom stereocenters. The van der Waals surface area contributed by atoms with Gasteiger partial charge in [0, 0.05) is 44.8 Å². The summed E-state index contributed by atoms with van der Waals surface area (Å²) >= 11 is 5.91. The zero-order chi connectivity index (χ0) is 17.6. The highest BCUT2D eigenvalue weighted by Gasteiger charge is 2.25. The number of hydrogen-bond donors (Lipinski definition) is 1. The summed E-state index contributed by atoms with van der Waals surface area (Å²) in [5.41, 5.74) is 1.14. The predicted octanol–water partition coefficient (Wildman–Crippen LogP) is 2.47. The zero-order valence-electron chi connectivity index (χ0n) is 14.1. The van der Waals surface area contributed by atoms with E-state index in [1.54, 1.807) is 19.2 Å². The van der Waals surface area contributed by atoms with Crippen LogP contribution in [0.4, 0.5) is 0 Å². The van der Waals surface area contributed by atoms with Gasteiger partial charge in [0.15, 0.2) is 11.7 Å². The molecule has 3 rings (SSSR count). The number of nitrogens with zero attached hydrogens (tertiary/aromatic N) is 3. The molecule has 1 aliphatic rings. The van der Waals surface area contributed by atoms with Crippen molar-refractivity contribution in [3.05, 3.63) is 59.0 Å². The molecule has 1 aromatic carbocycles. The number of aliphatic imine (C=N–C) groups is 1. The molecule has 2 heterocycles. The Morgan fingerprint density at radius 1 is 1.16 bits per heavy atom. The van der Waals surface area contributed by atoms with Gasteiger partial charge in [-0.05, 0) is 29.8 Å². The number of carbonyl (C=O) groups is 1. The first-order chi connectivity index (χ1) is 12.2. The van der Waals surface area contributed by atoms with E-state index in [0.717, 1.165) is 29.6 Å². The van der Waals surface area contributed by atoms with E-state index < -0.39 is 0 Å². The number of piperazine rings is 1. The van der Waals surface area contributed by atoms with Gasteiger partial charge in [0.05, 0.1) is 6.26 Å². The predicted molar refractivity (Wildman–Crippen MR) is 97.8 cm³/mol. The number of carbonyl (C=O) groups excluding carboxylic acids is 1. The van der Waals surface area contributed by atoms with Crippen LogP contribution in [-0.4, -0.2) is 54.9 Å². The fraction of sp³-hybridized carbons (Fsp3) is 0.333. The Balaban J connectivity index is 1.52. The molecule has 132 valence electrons. The van der Waals surface area contributed by atoms with Crippen molar-refractivity contribution in [2.45, 2.75) is 6.54 Å². The molecular weight excluding hydrogens is 340 g/mol. The maximum absolute atomic E-state index is 12.3. The molecule has 1 saturated heterocycles. The Morgan fingerprint density at radius 2 is 1.84 bits per heavy atom. The molecule has 2 aromatic rings. The Labute approximate surface area is 152 Å². The molecule has 1 aromatic heterocycles. The topological polar surface area (TPSA) is 61.1 Å². The average Bonchev–Trinajstić information content (AvgIpc) is 3.18. The molecule has 6 nitrogen and oxygen atoms in total. The molecule has 0 aliphatic carbocycles. The summed E-state index contributed by atoms with van der Waals surface area (Å²) in [6.45, 7) is 3.41. The van der Waals surface area contributed by atoms with E-state index in [0.29, 0.717) is 25.4 Å². The van der Waals surface area contributed by atoms with Crippen LogP contribution in [0.5, 0.6) is 0 Å². The van der Waals surface area contributed by atoms with Gasteiger partial charge in [0.2, 0.25) is 0 Å². The fourth-order valence-electron chi connectivity index (χ4n) is 2.79. The molecule has 1 N–H and O–H groups in total. The quantitative estimate of drug-likeness (QED) is 0.674. The van der Waals surface area contributed by atoms with Crippen LogP contribution in [0.15, 0.2) is 52.1 Å². The van der Waals surface area contributed by atoms with Gasteiger partial charge in [-0.25, -0.2) is 0 Å². The second kappa shape index (κ2) is 8.07. The number of guanidine groups is 1. The van der Waals surface area contributed by atoms with Gasteiger partial charge >= 0.3 is 0 Å². The van der Waals surface area contributed by atoms with E-state index in [2.05, 4.69) is 15.2 Å². The Bertz CT molecular complexity index is 720. The Kier molecular flexibility index (Phi) is 5.60. The van der Waals surface area contributed by atoms with E-state index in [1.165, 1.54) is 6.26 Å². The zero-order valence-corrected chi connectivity index (χ0v) is 14.9. The molecule has 1 amide bonds. The van der Waals surface area contributed by atoms with Crippen LogP contribution in [0.3, 0.4) is 0 Å². The Morgan fingerprint density at radius 3 is 2.44 bits per heavy atom. The van der Waals surface area contributed by atoms with E-state index >= 15 is 0 Å². The van der Waals surface area contributed by atoms with Crippen LogP contribution in [0, 0.1) is 0 Å². The number of rotatable bonds is 3. The smallest absolute Gasteiger partial charge is 0.289 e. The monoisotopic (exact) mass is 360 g/mol. The third-order valence-corrected chi connectivity index (χ3v) is 4.43. The lowest BCUT2D eigenvalue weighted by Gasteiger charge is -2.36. The van der Waals surface area contributed by atoms with Crippen molar-refractivity contribution in [2.24, 2.45) is 4.99 Å². The largest absolute Gasteiger partial charge is 0.459 e. The second-order valence-corrected chi connectivity index (χ2v) is 6.22. The van der Waals surface area contributed by atoms with E-state index in [-0.39, 0.29) is 5.91 Å². The lowest BCUT2D eigenvalue weighted by atomic mass is 10.2. The summed E-state index contributed by atoms with van der Waals surface area (Å²) in [7, 11) is 1.77. The third kappa shape index (κ3) is 4.33. The summed E-state index contributed by atoms with van der Waals surface area (Å²) in [4.78, 5) is 20.6. The summed E-state index contributed by atoms with van der Waals surface area (Å²) in [5, 5.41) is 4.08. The summed E-state index contributed by atoms with van der Waals surface area (Å²) < 4.78 is 5.19. The van der Waals surface area contributed by atoms with Crippen LogP contribution >= 0.6 is 11.6 Å². The van der Waals surface area contributed by atoms with Crippen molar-refractivity contribution in [1.29, 1.82) is 0 Å². The maximum Gasteiger partial charge on any atom is 0.289 e. The minimum atomic E-state index is -0.0613. The average molecular weight is 361 g/mol. The molecular formula is C18H21ClN4O2. The normalized spacial score (nSPS) is 15.4. The summed E-state index contributed by atoms with van der Waals surface area (Å²) in [5.74, 6) is 1.16. The second-order valence-electron chi connectivity index (χ2n) is 5.78. The first-order valence-electron chi connectivity index (χ1n) is 8.20. The number of nitrogens with one attached hydrogen (secondary N) is 1. The van der Waals surface area contributed by atoms with Gasteiger partial charge in [-0.2, -0.15) is 0 Å². The van der Waals surface area contributed by atoms with Gasteiger partial charge in [-0.15, -0.1) is 0 Å². The van der Waals surface area contributed by atoms with Crippen molar-refractivity contribution in [3.63, 3.8) is 0 Å². The lowest BCUT2D eigenvalue weighted by Crippen LogP contribution is -2.53. The Hall–Kier alpha value is -2.47. The van der Waals surface area contributed by atoms with Gasteiger partial charge in [-0.1, -0.05) is 23.7 Å². The van der Waals surface area contributed by atoms with Crippen molar-refractivity contribution < 1.29 is 9.21 Å². The third-order valence-electron chi connectivity index (χ3n) is 4.17. The number of amides is 1. The molecule has 0 saturated carbocycles. The highest BCUT2D eigenvalue weighted by molar-refractivity contribution is 6.30. The highest BCUT2D eigenvalue weighted by atomic mass is 35.5. The molecule has 1 aliphatic heterocycles. The van der Waals surface area contributed by atoms with Gasteiger partial charge < -0.3 is 19.5 Å². The van der Waals surface area contributed by atoms with E-state index in [4.69, 9.17) is 16.0 Å². The number of halogens is 1. The van der Waals surface area contributed by atoms with Crippen molar-refractivity contribution in [3.8, 4) is 0 Å². The van der Waals surface area contributed by atoms with Crippen LogP contribution in [-0.2, 0) is 6.54 Å². The fourth-order valence-corrected chi connectivity index (χ4v) is 2.92. The number of benzene rings is 1. The summed E-state index contributed by atoms with van der Waals surface area (Å²) in [6.07, 6.45) is 1.52. The van der Waals surface area contributed by atoms with Gasteiger partial charge in [0.1, 0.15) is 0 Å². The molecule has 1 fully saturated rings. The van der Waals surface area contributed by atoms with Gasteiger partial charge in [0.25, 0.3) is 5.91 Å². The molecule has 0 atom stereocenters. The van der Waals surface area contributed by atoms with E-state index in [9.17, 15) is 4.79 Å². The minimum Gasteiger partial charge on any atom is -0.459 e. The maximum atomic E-state index is 12.3. The first-order valence-corrected chi connectivity index (χ1v) is 8.58. The molecule has 25 heavy (non-hydrogen) atoms. The lowest BCUT2D eigenvalue weighted by molar-refractivity contribution is 0.0657. The van der Waals surface area contributed by atoms with Crippen LogP contribution in [0.25, 0.3) is 0 Å². The molecule has 0 bridgehead atoms. The van der Waals surface area contributed by atoms with Crippen LogP contribution in [0.2, 0.25) is 5.02 Å².